The van der Waals surface area contributed by atoms with Crippen LogP contribution in [0.25, 0.3) is 0 Å². The van der Waals surface area contributed by atoms with Crippen molar-refractivity contribution in [1.29, 1.82) is 0 Å². The first-order valence-electron chi connectivity index (χ1n) is 4.19. The molecule has 2 heterocycles. The van der Waals surface area contributed by atoms with Crippen LogP contribution < -0.4 is 0 Å². The summed E-state index contributed by atoms with van der Waals surface area (Å²) in [6.07, 6.45) is 1.55. The van der Waals surface area contributed by atoms with Crippen molar-refractivity contribution in [2.75, 3.05) is 13.2 Å². The van der Waals surface area contributed by atoms with Gasteiger partial charge in [-0.15, -0.1) is 0 Å². The number of rotatable bonds is 2. The molecule has 1 aromatic rings. The topological polar surface area (TPSA) is 47.3 Å². The second-order valence-corrected chi connectivity index (χ2v) is 3.59. The van der Waals surface area contributed by atoms with Gasteiger partial charge in [-0.3, -0.25) is 4.68 Å². The highest BCUT2D eigenvalue weighted by molar-refractivity contribution is 6.31. The molecule has 0 atom stereocenters. The smallest absolute Gasteiger partial charge is 0.154 e. The minimum absolute atomic E-state index is 0.304. The average Bonchev–Trinajstić information content (AvgIpc) is 2.43. The first-order valence-corrected chi connectivity index (χ1v) is 4.57. The molecule has 4 nitrogen and oxygen atoms in total. The van der Waals surface area contributed by atoms with E-state index in [4.69, 9.17) is 16.3 Å². The molecule has 1 aliphatic rings. The van der Waals surface area contributed by atoms with Crippen LogP contribution in [0.3, 0.4) is 0 Å². The summed E-state index contributed by atoms with van der Waals surface area (Å²) in [6, 6.07) is 0. The van der Waals surface area contributed by atoms with Gasteiger partial charge in [0.15, 0.2) is 5.60 Å². The Labute approximate surface area is 81.1 Å². The monoisotopic (exact) mass is 202 g/mol. The Balaban J connectivity index is 2.42. The fraction of sp³-hybridized carbons (Fsp3) is 0.625. The van der Waals surface area contributed by atoms with Gasteiger partial charge in [-0.05, 0) is 6.92 Å². The molecule has 0 amide bonds. The highest BCUT2D eigenvalue weighted by atomic mass is 35.5. The van der Waals surface area contributed by atoms with Gasteiger partial charge < -0.3 is 9.84 Å². The van der Waals surface area contributed by atoms with Gasteiger partial charge in [0.05, 0.1) is 30.1 Å². The van der Waals surface area contributed by atoms with E-state index in [1.807, 2.05) is 6.92 Å². The quantitative estimate of drug-likeness (QED) is 0.771. The van der Waals surface area contributed by atoms with Crippen molar-refractivity contribution in [3.63, 3.8) is 0 Å². The van der Waals surface area contributed by atoms with E-state index in [2.05, 4.69) is 5.10 Å². The lowest BCUT2D eigenvalue weighted by molar-refractivity contribution is -0.188. The van der Waals surface area contributed by atoms with Crippen LogP contribution in [0.15, 0.2) is 6.20 Å². The number of ether oxygens (including phenoxy) is 1. The van der Waals surface area contributed by atoms with Gasteiger partial charge in [0, 0.05) is 6.54 Å². The predicted octanol–water partition coefficient (Wildman–Crippen LogP) is 0.774. The molecule has 2 rings (SSSR count). The number of hydrogen-bond donors (Lipinski definition) is 1. The molecule has 1 saturated heterocycles. The van der Waals surface area contributed by atoms with Crippen molar-refractivity contribution in [1.82, 2.24) is 9.78 Å². The van der Waals surface area contributed by atoms with E-state index in [1.165, 1.54) is 0 Å². The van der Waals surface area contributed by atoms with Crippen LogP contribution in [0.1, 0.15) is 12.6 Å². The van der Waals surface area contributed by atoms with Gasteiger partial charge in [0.2, 0.25) is 0 Å². The second kappa shape index (κ2) is 2.97. The van der Waals surface area contributed by atoms with Gasteiger partial charge in [-0.1, -0.05) is 11.6 Å². The van der Waals surface area contributed by atoms with Gasteiger partial charge in [-0.25, -0.2) is 0 Å². The zero-order valence-electron chi connectivity index (χ0n) is 7.33. The number of nitrogens with zero attached hydrogens (tertiary/aromatic N) is 2. The lowest BCUT2D eigenvalue weighted by atomic mass is 9.98. The number of aryl methyl sites for hydroxylation is 1. The minimum atomic E-state index is -0.927. The van der Waals surface area contributed by atoms with Crippen LogP contribution in [0.5, 0.6) is 0 Å². The molecular formula is C8H11ClN2O2. The molecule has 0 radical (unpaired) electrons. The molecule has 1 aromatic heterocycles. The molecule has 0 aliphatic carbocycles. The molecule has 0 spiro atoms. The molecule has 72 valence electrons. The first-order chi connectivity index (χ1) is 6.17. The fourth-order valence-corrected chi connectivity index (χ4v) is 1.81. The second-order valence-electron chi connectivity index (χ2n) is 3.18. The van der Waals surface area contributed by atoms with Gasteiger partial charge in [-0.2, -0.15) is 5.10 Å². The highest BCUT2D eigenvalue weighted by Crippen LogP contribution is 2.33. The Kier molecular flexibility index (Phi) is 2.06. The van der Waals surface area contributed by atoms with Crippen LogP contribution in [-0.2, 0) is 16.9 Å². The van der Waals surface area contributed by atoms with E-state index in [0.717, 1.165) is 0 Å². The molecule has 0 unspecified atom stereocenters. The number of halogens is 1. The summed E-state index contributed by atoms with van der Waals surface area (Å²) in [4.78, 5) is 0. The van der Waals surface area contributed by atoms with E-state index < -0.39 is 5.60 Å². The standard InChI is InChI=1S/C8H11ClN2O2/c1-2-11-7(6(9)3-10-11)8(12)4-13-5-8/h3,12H,2,4-5H2,1H3. The maximum atomic E-state index is 9.99. The molecule has 0 bridgehead atoms. The molecule has 1 N–H and O–H groups in total. The lowest BCUT2D eigenvalue weighted by Gasteiger charge is -2.36. The Morgan fingerprint density at radius 2 is 2.46 bits per heavy atom. The maximum Gasteiger partial charge on any atom is 0.154 e. The summed E-state index contributed by atoms with van der Waals surface area (Å²) in [5.41, 5.74) is -0.258. The van der Waals surface area contributed by atoms with Crippen LogP contribution in [0.4, 0.5) is 0 Å². The van der Waals surface area contributed by atoms with Gasteiger partial charge >= 0.3 is 0 Å². The number of aromatic nitrogens is 2. The summed E-state index contributed by atoms with van der Waals surface area (Å²) in [5, 5.41) is 14.6. The van der Waals surface area contributed by atoms with E-state index in [0.29, 0.717) is 30.5 Å². The summed E-state index contributed by atoms with van der Waals surface area (Å²) in [5.74, 6) is 0. The van der Waals surface area contributed by atoms with E-state index in [9.17, 15) is 5.11 Å². The third-order valence-electron chi connectivity index (χ3n) is 2.22. The average molecular weight is 203 g/mol. The zero-order chi connectivity index (χ0) is 9.47. The Hall–Kier alpha value is -0.580. The summed E-state index contributed by atoms with van der Waals surface area (Å²) < 4.78 is 6.67. The van der Waals surface area contributed by atoms with Crippen molar-refractivity contribution in [2.45, 2.75) is 19.1 Å². The third-order valence-corrected chi connectivity index (χ3v) is 2.49. The molecule has 1 aliphatic heterocycles. The first kappa shape index (κ1) is 8.99. The predicted molar refractivity (Wildman–Crippen MR) is 47.6 cm³/mol. The van der Waals surface area contributed by atoms with Crippen LogP contribution >= 0.6 is 11.6 Å². The molecular weight excluding hydrogens is 192 g/mol. The van der Waals surface area contributed by atoms with Crippen molar-refractivity contribution >= 4 is 11.6 Å². The van der Waals surface area contributed by atoms with Crippen molar-refractivity contribution in [3.8, 4) is 0 Å². The van der Waals surface area contributed by atoms with E-state index in [1.54, 1.807) is 10.9 Å². The number of aliphatic hydroxyl groups is 1. The normalized spacial score (nSPS) is 19.9. The minimum Gasteiger partial charge on any atom is -0.379 e. The molecule has 0 aromatic carbocycles. The maximum absolute atomic E-state index is 9.99. The zero-order valence-corrected chi connectivity index (χ0v) is 8.08. The SMILES string of the molecule is CCn1ncc(Cl)c1C1(O)COC1. The summed E-state index contributed by atoms with van der Waals surface area (Å²) in [6.45, 7) is 3.26. The molecule has 1 fully saturated rings. The molecule has 5 heteroatoms. The summed E-state index contributed by atoms with van der Waals surface area (Å²) in [7, 11) is 0. The Morgan fingerprint density at radius 3 is 2.92 bits per heavy atom. The van der Waals surface area contributed by atoms with Gasteiger partial charge in [0.25, 0.3) is 0 Å². The van der Waals surface area contributed by atoms with Crippen LogP contribution in [0.2, 0.25) is 5.02 Å². The summed E-state index contributed by atoms with van der Waals surface area (Å²) >= 11 is 5.92. The number of hydrogen-bond acceptors (Lipinski definition) is 3. The van der Waals surface area contributed by atoms with E-state index >= 15 is 0 Å². The fourth-order valence-electron chi connectivity index (χ4n) is 1.50. The Morgan fingerprint density at radius 1 is 1.77 bits per heavy atom. The van der Waals surface area contributed by atoms with Crippen LogP contribution in [0, 0.1) is 0 Å². The molecule has 13 heavy (non-hydrogen) atoms. The van der Waals surface area contributed by atoms with Crippen molar-refractivity contribution < 1.29 is 9.84 Å². The van der Waals surface area contributed by atoms with Crippen molar-refractivity contribution in [2.24, 2.45) is 0 Å². The van der Waals surface area contributed by atoms with E-state index in [-0.39, 0.29) is 0 Å². The lowest BCUT2D eigenvalue weighted by Crippen LogP contribution is -2.48. The highest BCUT2D eigenvalue weighted by Gasteiger charge is 2.42. The Bertz CT molecular complexity index is 320. The third kappa shape index (κ3) is 1.25. The van der Waals surface area contributed by atoms with Gasteiger partial charge in [0.1, 0.15) is 0 Å². The largest absolute Gasteiger partial charge is 0.379 e. The molecule has 0 saturated carbocycles. The van der Waals surface area contributed by atoms with Crippen molar-refractivity contribution in [3.05, 3.63) is 16.9 Å². The van der Waals surface area contributed by atoms with Crippen LogP contribution in [-0.4, -0.2) is 28.1 Å².